The Morgan fingerprint density at radius 3 is 2.85 bits per heavy atom. The molecule has 0 saturated carbocycles. The number of carbonyl (C=O) groups is 2. The number of hydrazone groups is 1. The number of carbonyl (C=O) groups excluding carboxylic acids is 2. The number of hydrogen-bond acceptors (Lipinski definition) is 8. The number of amides is 1. The number of furan rings is 1. The van der Waals surface area contributed by atoms with E-state index in [9.17, 15) is 9.59 Å². The first-order valence-electron chi connectivity index (χ1n) is 10.7. The highest BCUT2D eigenvalue weighted by atomic mass is 32.2. The molecular formula is C23H21N5O4S. The topological polar surface area (TPSA) is 112 Å². The fourth-order valence-corrected chi connectivity index (χ4v) is 4.70. The number of rotatable bonds is 4. The number of nitrogens with zero attached hydrogens (tertiary/aromatic N) is 4. The summed E-state index contributed by atoms with van der Waals surface area (Å²) in [5.74, 6) is -0.0136. The summed E-state index contributed by atoms with van der Waals surface area (Å²) in [4.78, 5) is 30.9. The molecular weight excluding hydrogens is 442 g/mol. The van der Waals surface area contributed by atoms with Crippen molar-refractivity contribution in [2.45, 2.75) is 19.8 Å². The Morgan fingerprint density at radius 1 is 1.24 bits per heavy atom. The molecule has 3 aliphatic rings. The van der Waals surface area contributed by atoms with E-state index >= 15 is 0 Å². The van der Waals surface area contributed by atoms with E-state index in [1.54, 1.807) is 37.3 Å². The van der Waals surface area contributed by atoms with Crippen LogP contribution in [0.3, 0.4) is 0 Å². The SMILES string of the molecule is CCOC(=O)c1cccc(-c2ccc(/C=C3/C(=N)N4N=C(N5CCCC5)SC4=NC3=O)o2)c1. The third-order valence-corrected chi connectivity index (χ3v) is 6.36. The molecule has 0 atom stereocenters. The average molecular weight is 464 g/mol. The lowest BCUT2D eigenvalue weighted by Crippen LogP contribution is -2.35. The van der Waals surface area contributed by atoms with Crippen molar-refractivity contribution in [3.8, 4) is 11.3 Å². The van der Waals surface area contributed by atoms with Crippen LogP contribution in [0, 0.1) is 5.41 Å². The quantitative estimate of drug-likeness (QED) is 0.542. The van der Waals surface area contributed by atoms with Crippen LogP contribution in [0.4, 0.5) is 0 Å². The molecule has 10 heteroatoms. The first kappa shape index (κ1) is 21.2. The number of hydrogen-bond donors (Lipinski definition) is 1. The van der Waals surface area contributed by atoms with E-state index in [-0.39, 0.29) is 11.4 Å². The summed E-state index contributed by atoms with van der Waals surface area (Å²) in [6.07, 6.45) is 3.71. The van der Waals surface area contributed by atoms with Gasteiger partial charge in [0.15, 0.2) is 11.0 Å². The van der Waals surface area contributed by atoms with Gasteiger partial charge in [-0.05, 0) is 61.9 Å². The summed E-state index contributed by atoms with van der Waals surface area (Å²) >= 11 is 1.32. The normalized spacial score (nSPS) is 19.1. The second kappa shape index (κ2) is 8.70. The Balaban J connectivity index is 1.39. The monoisotopic (exact) mass is 463 g/mol. The van der Waals surface area contributed by atoms with Crippen LogP contribution in [0.2, 0.25) is 0 Å². The number of nitrogens with one attached hydrogen (secondary N) is 1. The summed E-state index contributed by atoms with van der Waals surface area (Å²) in [6.45, 7) is 3.89. The van der Waals surface area contributed by atoms with Crippen LogP contribution >= 0.6 is 11.8 Å². The van der Waals surface area contributed by atoms with Crippen molar-refractivity contribution in [3.63, 3.8) is 0 Å². The van der Waals surface area contributed by atoms with Crippen molar-refractivity contribution in [1.29, 1.82) is 5.41 Å². The minimum Gasteiger partial charge on any atom is -0.462 e. The van der Waals surface area contributed by atoms with E-state index in [1.165, 1.54) is 22.8 Å². The molecule has 1 saturated heterocycles. The van der Waals surface area contributed by atoms with Crippen molar-refractivity contribution in [1.82, 2.24) is 9.91 Å². The number of aliphatic imine (C=N–C) groups is 1. The van der Waals surface area contributed by atoms with E-state index in [0.29, 0.717) is 34.4 Å². The fourth-order valence-electron chi connectivity index (χ4n) is 3.76. The minimum absolute atomic E-state index is 0.0334. The third-order valence-electron chi connectivity index (χ3n) is 5.39. The number of esters is 1. The number of benzene rings is 1. The molecule has 0 unspecified atom stereocenters. The number of fused-ring (bicyclic) bond motifs is 1. The first-order chi connectivity index (χ1) is 16.0. The average Bonchev–Trinajstić information content (AvgIpc) is 3.57. The molecule has 1 aromatic heterocycles. The van der Waals surface area contributed by atoms with Crippen molar-refractivity contribution in [2.75, 3.05) is 19.7 Å². The van der Waals surface area contributed by atoms with Crippen molar-refractivity contribution >= 4 is 45.9 Å². The fraction of sp³-hybridized carbons (Fsp3) is 0.261. The van der Waals surface area contributed by atoms with Gasteiger partial charge < -0.3 is 14.1 Å². The molecule has 0 bridgehead atoms. The van der Waals surface area contributed by atoms with Crippen LogP contribution in [0.1, 0.15) is 35.9 Å². The number of ether oxygens (including phenoxy) is 1. The summed E-state index contributed by atoms with van der Waals surface area (Å²) in [6, 6.07) is 10.4. The number of likely N-dealkylation sites (tertiary alicyclic amines) is 1. The summed E-state index contributed by atoms with van der Waals surface area (Å²) in [7, 11) is 0. The Kier molecular flexibility index (Phi) is 5.59. The second-order valence-electron chi connectivity index (χ2n) is 7.60. The van der Waals surface area contributed by atoms with E-state index in [1.807, 2.05) is 6.07 Å². The molecule has 0 radical (unpaired) electrons. The molecule has 168 valence electrons. The lowest BCUT2D eigenvalue weighted by molar-refractivity contribution is -0.114. The van der Waals surface area contributed by atoms with Crippen LogP contribution in [0.25, 0.3) is 17.4 Å². The highest BCUT2D eigenvalue weighted by Crippen LogP contribution is 2.31. The highest BCUT2D eigenvalue weighted by molar-refractivity contribution is 8.26. The molecule has 1 amide bonds. The van der Waals surface area contributed by atoms with Gasteiger partial charge in [0.1, 0.15) is 11.5 Å². The number of amidine groups is 3. The van der Waals surface area contributed by atoms with Crippen LogP contribution in [0.5, 0.6) is 0 Å². The molecule has 1 fully saturated rings. The second-order valence-corrected chi connectivity index (χ2v) is 8.53. The van der Waals surface area contributed by atoms with Gasteiger partial charge in [0.25, 0.3) is 5.91 Å². The Bertz CT molecular complexity index is 1240. The van der Waals surface area contributed by atoms with Gasteiger partial charge in [-0.1, -0.05) is 12.1 Å². The van der Waals surface area contributed by atoms with E-state index in [2.05, 4.69) is 15.0 Å². The van der Waals surface area contributed by atoms with Crippen molar-refractivity contribution < 1.29 is 18.7 Å². The van der Waals surface area contributed by atoms with Gasteiger partial charge in [-0.25, -0.2) is 4.79 Å². The zero-order valence-corrected chi connectivity index (χ0v) is 18.7. The molecule has 1 N–H and O–H groups in total. The molecule has 9 nitrogen and oxygen atoms in total. The van der Waals surface area contributed by atoms with E-state index in [0.717, 1.165) is 31.1 Å². The van der Waals surface area contributed by atoms with Crippen molar-refractivity contribution in [2.24, 2.45) is 10.1 Å². The maximum atomic E-state index is 12.6. The summed E-state index contributed by atoms with van der Waals surface area (Å²) in [5.41, 5.74) is 1.23. The maximum Gasteiger partial charge on any atom is 0.338 e. The lowest BCUT2D eigenvalue weighted by Gasteiger charge is -2.19. The van der Waals surface area contributed by atoms with Gasteiger partial charge in [0.2, 0.25) is 5.17 Å². The molecule has 4 heterocycles. The van der Waals surface area contributed by atoms with Gasteiger partial charge in [0, 0.05) is 18.7 Å². The standard InChI is InChI=1S/C23H21N5O4S/c1-2-31-21(30)15-7-5-6-14(12-15)18-9-8-16(32-18)13-17-19(24)28-22(25-20(17)29)33-23(26-28)27-10-3-4-11-27/h5-9,12-13,24H,2-4,10-11H2,1H3/b17-13-,24-19?. The van der Waals surface area contributed by atoms with E-state index < -0.39 is 11.9 Å². The van der Waals surface area contributed by atoms with Gasteiger partial charge in [0.05, 0.1) is 17.7 Å². The smallest absolute Gasteiger partial charge is 0.338 e. The maximum absolute atomic E-state index is 12.6. The first-order valence-corrected chi connectivity index (χ1v) is 11.5. The zero-order valence-electron chi connectivity index (χ0n) is 17.9. The van der Waals surface area contributed by atoms with Gasteiger partial charge in [-0.15, -0.1) is 5.10 Å². The predicted molar refractivity (Wildman–Crippen MR) is 126 cm³/mol. The molecule has 0 spiro atoms. The van der Waals surface area contributed by atoms with Crippen LogP contribution < -0.4 is 0 Å². The lowest BCUT2D eigenvalue weighted by atomic mass is 10.1. The van der Waals surface area contributed by atoms with Crippen LogP contribution in [-0.4, -0.2) is 57.7 Å². The molecule has 33 heavy (non-hydrogen) atoms. The molecule has 1 aromatic carbocycles. The highest BCUT2D eigenvalue weighted by Gasteiger charge is 2.37. The van der Waals surface area contributed by atoms with Crippen LogP contribution in [0.15, 0.2) is 56.5 Å². The zero-order chi connectivity index (χ0) is 22.9. The Morgan fingerprint density at radius 2 is 2.06 bits per heavy atom. The third kappa shape index (κ3) is 4.09. The summed E-state index contributed by atoms with van der Waals surface area (Å²) in [5, 5.41) is 15.6. The minimum atomic E-state index is -0.501. The van der Waals surface area contributed by atoms with Gasteiger partial charge in [-0.3, -0.25) is 10.2 Å². The van der Waals surface area contributed by atoms with Crippen LogP contribution in [-0.2, 0) is 9.53 Å². The largest absolute Gasteiger partial charge is 0.462 e. The summed E-state index contributed by atoms with van der Waals surface area (Å²) < 4.78 is 10.9. The Labute approximate surface area is 194 Å². The van der Waals surface area contributed by atoms with Gasteiger partial charge >= 0.3 is 5.97 Å². The molecule has 2 aromatic rings. The molecule has 0 aliphatic carbocycles. The molecule has 5 rings (SSSR count). The van der Waals surface area contributed by atoms with Gasteiger partial charge in [-0.2, -0.15) is 10.0 Å². The molecule has 3 aliphatic heterocycles. The van der Waals surface area contributed by atoms with E-state index in [4.69, 9.17) is 14.6 Å². The number of thioether (sulfide) groups is 1. The predicted octanol–water partition coefficient (Wildman–Crippen LogP) is 3.80. The Hall–Kier alpha value is -3.66. The van der Waals surface area contributed by atoms with Crippen molar-refractivity contribution in [3.05, 3.63) is 53.3 Å².